The van der Waals surface area contributed by atoms with Crippen LogP contribution in [0.2, 0.25) is 0 Å². The second kappa shape index (κ2) is 7.94. The molecule has 0 spiro atoms. The maximum Gasteiger partial charge on any atom is 0.282 e. The first-order valence-electron chi connectivity index (χ1n) is 9.48. The number of fused-ring (bicyclic) bond motifs is 1. The minimum absolute atomic E-state index is 0.0710. The van der Waals surface area contributed by atoms with Crippen LogP contribution in [0.4, 0.5) is 0 Å². The van der Waals surface area contributed by atoms with E-state index in [2.05, 4.69) is 15.2 Å². The summed E-state index contributed by atoms with van der Waals surface area (Å²) >= 11 is 0. The standard InChI is InChI=1S/C22H21N5O4/c1-13-17(22(29)27(25-13)15-8-6-5-7-9-15)12-23-26-14(2)24-18-11-20(31-4)19(30-3)10-16(18)21(26)28/h5-12,29H,1-4H3/b23-12+. The number of methoxy groups -OCH3 is 2. The number of aryl methyl sites for hydroxylation is 2. The zero-order chi connectivity index (χ0) is 22.1. The summed E-state index contributed by atoms with van der Waals surface area (Å²) in [5.74, 6) is 1.22. The Hall–Kier alpha value is -4.14. The molecule has 158 valence electrons. The molecular formula is C22H21N5O4. The van der Waals surface area contributed by atoms with E-state index in [0.29, 0.717) is 45.2 Å². The highest BCUT2D eigenvalue weighted by Crippen LogP contribution is 2.30. The summed E-state index contributed by atoms with van der Waals surface area (Å²) in [5, 5.41) is 19.6. The Morgan fingerprint density at radius 1 is 1.06 bits per heavy atom. The normalized spacial score (nSPS) is 11.4. The van der Waals surface area contributed by atoms with Crippen molar-refractivity contribution in [3.63, 3.8) is 0 Å². The van der Waals surface area contributed by atoms with Gasteiger partial charge in [-0.1, -0.05) is 18.2 Å². The van der Waals surface area contributed by atoms with Crippen molar-refractivity contribution >= 4 is 17.1 Å². The van der Waals surface area contributed by atoms with E-state index in [1.54, 1.807) is 26.0 Å². The van der Waals surface area contributed by atoms with Gasteiger partial charge in [0.1, 0.15) is 5.82 Å². The molecule has 2 aromatic carbocycles. The third-order valence-corrected chi connectivity index (χ3v) is 4.90. The number of hydrogen-bond acceptors (Lipinski definition) is 7. The van der Waals surface area contributed by atoms with Crippen molar-refractivity contribution in [2.45, 2.75) is 13.8 Å². The predicted molar refractivity (Wildman–Crippen MR) is 117 cm³/mol. The quantitative estimate of drug-likeness (QED) is 0.499. The third-order valence-electron chi connectivity index (χ3n) is 4.90. The lowest BCUT2D eigenvalue weighted by molar-refractivity contribution is 0.355. The molecule has 0 fully saturated rings. The molecule has 0 bridgehead atoms. The topological polar surface area (TPSA) is 104 Å². The summed E-state index contributed by atoms with van der Waals surface area (Å²) in [5.41, 5.74) is 1.79. The highest BCUT2D eigenvalue weighted by molar-refractivity contribution is 5.85. The first-order chi connectivity index (χ1) is 14.9. The van der Waals surface area contributed by atoms with Gasteiger partial charge in [-0.25, -0.2) is 9.67 Å². The fourth-order valence-corrected chi connectivity index (χ4v) is 3.29. The molecule has 0 amide bonds. The fourth-order valence-electron chi connectivity index (χ4n) is 3.29. The molecule has 2 aromatic heterocycles. The van der Waals surface area contributed by atoms with Gasteiger partial charge in [0.2, 0.25) is 5.88 Å². The van der Waals surface area contributed by atoms with Crippen LogP contribution in [0.5, 0.6) is 17.4 Å². The van der Waals surface area contributed by atoms with Gasteiger partial charge in [-0.15, -0.1) is 0 Å². The number of para-hydroxylation sites is 1. The molecule has 2 heterocycles. The molecule has 4 aromatic rings. The summed E-state index contributed by atoms with van der Waals surface area (Å²) in [6.45, 7) is 3.43. The van der Waals surface area contributed by atoms with Crippen LogP contribution in [0.25, 0.3) is 16.6 Å². The molecule has 31 heavy (non-hydrogen) atoms. The molecule has 0 saturated heterocycles. The van der Waals surface area contributed by atoms with Crippen molar-refractivity contribution in [1.29, 1.82) is 0 Å². The van der Waals surface area contributed by atoms with Gasteiger partial charge in [0, 0.05) is 6.07 Å². The molecule has 0 radical (unpaired) electrons. The minimum Gasteiger partial charge on any atom is -0.493 e. The first-order valence-corrected chi connectivity index (χ1v) is 9.48. The monoisotopic (exact) mass is 419 g/mol. The number of benzene rings is 2. The lowest BCUT2D eigenvalue weighted by Gasteiger charge is -2.10. The van der Waals surface area contributed by atoms with Crippen molar-refractivity contribution < 1.29 is 14.6 Å². The summed E-state index contributed by atoms with van der Waals surface area (Å²) in [6, 6.07) is 12.5. The van der Waals surface area contributed by atoms with Crippen molar-refractivity contribution in [2.75, 3.05) is 14.2 Å². The summed E-state index contributed by atoms with van der Waals surface area (Å²) in [7, 11) is 3.02. The van der Waals surface area contributed by atoms with Gasteiger partial charge in [-0.05, 0) is 32.0 Å². The molecule has 0 aliphatic rings. The number of ether oxygens (including phenoxy) is 2. The van der Waals surface area contributed by atoms with E-state index < -0.39 is 0 Å². The smallest absolute Gasteiger partial charge is 0.282 e. The Labute approximate surface area is 177 Å². The van der Waals surface area contributed by atoms with Gasteiger partial charge in [0.25, 0.3) is 5.56 Å². The number of aromatic nitrogens is 4. The van der Waals surface area contributed by atoms with Gasteiger partial charge in [-0.2, -0.15) is 14.9 Å². The number of hydrogen-bond donors (Lipinski definition) is 1. The second-order valence-electron chi connectivity index (χ2n) is 6.81. The van der Waals surface area contributed by atoms with Crippen molar-refractivity contribution in [3.05, 3.63) is 69.9 Å². The maximum atomic E-state index is 13.1. The zero-order valence-corrected chi connectivity index (χ0v) is 17.5. The zero-order valence-electron chi connectivity index (χ0n) is 17.5. The van der Waals surface area contributed by atoms with Crippen LogP contribution < -0.4 is 15.0 Å². The molecule has 1 N–H and O–H groups in total. The van der Waals surface area contributed by atoms with Crippen LogP contribution in [0.15, 0.2) is 52.4 Å². The number of aromatic hydroxyl groups is 1. The van der Waals surface area contributed by atoms with Crippen molar-refractivity contribution in [3.8, 4) is 23.1 Å². The molecular weight excluding hydrogens is 398 g/mol. The Balaban J connectivity index is 1.80. The SMILES string of the molecule is COc1cc2nc(C)n(/N=C/c3c(C)nn(-c4ccccc4)c3O)c(=O)c2cc1OC. The molecule has 9 nitrogen and oxygen atoms in total. The molecule has 0 aliphatic carbocycles. The fraction of sp³-hybridized carbons (Fsp3) is 0.182. The minimum atomic E-state index is -0.368. The molecule has 0 saturated carbocycles. The summed E-state index contributed by atoms with van der Waals surface area (Å²) in [4.78, 5) is 17.5. The predicted octanol–water partition coefficient (Wildman–Crippen LogP) is 2.80. The van der Waals surface area contributed by atoms with E-state index in [0.717, 1.165) is 0 Å². The van der Waals surface area contributed by atoms with Gasteiger partial charge in [-0.3, -0.25) is 4.79 Å². The Morgan fingerprint density at radius 3 is 2.42 bits per heavy atom. The number of rotatable bonds is 5. The Kier molecular flexibility index (Phi) is 5.16. The van der Waals surface area contributed by atoms with E-state index in [-0.39, 0.29) is 11.4 Å². The van der Waals surface area contributed by atoms with Crippen LogP contribution in [0.1, 0.15) is 17.1 Å². The summed E-state index contributed by atoms with van der Waals surface area (Å²) < 4.78 is 13.2. The van der Waals surface area contributed by atoms with E-state index >= 15 is 0 Å². The molecule has 4 rings (SSSR count). The van der Waals surface area contributed by atoms with Crippen molar-refractivity contribution in [1.82, 2.24) is 19.4 Å². The van der Waals surface area contributed by atoms with Crippen LogP contribution in [-0.4, -0.2) is 45.0 Å². The Morgan fingerprint density at radius 2 is 1.74 bits per heavy atom. The van der Waals surface area contributed by atoms with E-state index in [1.165, 1.54) is 29.8 Å². The van der Waals surface area contributed by atoms with E-state index in [9.17, 15) is 9.90 Å². The van der Waals surface area contributed by atoms with Gasteiger partial charge in [0.05, 0.1) is 48.3 Å². The first kappa shape index (κ1) is 20.1. The molecule has 0 atom stereocenters. The van der Waals surface area contributed by atoms with Crippen LogP contribution in [-0.2, 0) is 0 Å². The van der Waals surface area contributed by atoms with E-state index in [1.807, 2.05) is 30.3 Å². The summed E-state index contributed by atoms with van der Waals surface area (Å²) in [6.07, 6.45) is 1.40. The highest BCUT2D eigenvalue weighted by Gasteiger charge is 2.16. The average molecular weight is 419 g/mol. The third kappa shape index (κ3) is 3.50. The molecule has 9 heteroatoms. The van der Waals surface area contributed by atoms with Crippen molar-refractivity contribution in [2.24, 2.45) is 5.10 Å². The average Bonchev–Trinajstić information content (AvgIpc) is 3.07. The largest absolute Gasteiger partial charge is 0.493 e. The van der Waals surface area contributed by atoms with Gasteiger partial charge < -0.3 is 14.6 Å². The lowest BCUT2D eigenvalue weighted by Crippen LogP contribution is -2.20. The Bertz CT molecular complexity index is 1360. The molecule has 0 unspecified atom stereocenters. The lowest BCUT2D eigenvalue weighted by atomic mass is 10.2. The van der Waals surface area contributed by atoms with Crippen LogP contribution in [0, 0.1) is 13.8 Å². The second-order valence-corrected chi connectivity index (χ2v) is 6.81. The highest BCUT2D eigenvalue weighted by atomic mass is 16.5. The number of nitrogens with zero attached hydrogens (tertiary/aromatic N) is 5. The molecule has 0 aliphatic heterocycles. The van der Waals surface area contributed by atoms with Gasteiger partial charge >= 0.3 is 0 Å². The van der Waals surface area contributed by atoms with Gasteiger partial charge in [0.15, 0.2) is 11.5 Å². The van der Waals surface area contributed by atoms with E-state index in [4.69, 9.17) is 9.47 Å². The maximum absolute atomic E-state index is 13.1. The van der Waals surface area contributed by atoms with Crippen LogP contribution in [0.3, 0.4) is 0 Å². The van der Waals surface area contributed by atoms with Crippen LogP contribution >= 0.6 is 0 Å².